The lowest BCUT2D eigenvalue weighted by atomic mass is 10.0. The fraction of sp³-hybridized carbons (Fsp3) is 0.859. The van der Waals surface area contributed by atoms with Gasteiger partial charge in [-0.25, -0.2) is 0 Å². The standard InChI is InChI=1S/C64H118O6/c1-4-7-10-13-16-19-21-23-25-26-27-28-29-30-31-32-33-34-35-36-37-38-39-41-42-45-48-51-54-57-63(66)69-60-61(59-68-62(65)56-53-50-47-44-18-15-12-9-6-3)70-64(67)58-55-52-49-46-43-40-24-22-20-17-14-11-8-5-2/h21-24,26-27,61H,4-20,25,28-60H2,1-3H3/b23-21-,24-22-,27-26-. The van der Waals surface area contributed by atoms with Crippen molar-refractivity contribution in [3.63, 3.8) is 0 Å². The summed E-state index contributed by atoms with van der Waals surface area (Å²) in [5, 5.41) is 0. The number of esters is 3. The number of unbranched alkanes of at least 4 members (excludes halogenated alkanes) is 40. The molecule has 0 saturated carbocycles. The average Bonchev–Trinajstić information content (AvgIpc) is 3.36. The van der Waals surface area contributed by atoms with Gasteiger partial charge in [0.25, 0.3) is 0 Å². The lowest BCUT2D eigenvalue weighted by molar-refractivity contribution is -0.167. The first-order valence-electron chi connectivity index (χ1n) is 31.0. The summed E-state index contributed by atoms with van der Waals surface area (Å²) in [7, 11) is 0. The van der Waals surface area contributed by atoms with Gasteiger partial charge in [-0.1, -0.05) is 276 Å². The molecule has 0 rings (SSSR count). The maximum absolute atomic E-state index is 12.8. The van der Waals surface area contributed by atoms with Crippen molar-refractivity contribution in [2.24, 2.45) is 0 Å². The van der Waals surface area contributed by atoms with Crippen molar-refractivity contribution in [2.45, 2.75) is 341 Å². The van der Waals surface area contributed by atoms with Gasteiger partial charge < -0.3 is 14.2 Å². The lowest BCUT2D eigenvalue weighted by Gasteiger charge is -2.18. The summed E-state index contributed by atoms with van der Waals surface area (Å²) in [6, 6.07) is 0. The Balaban J connectivity index is 4.08. The van der Waals surface area contributed by atoms with Crippen molar-refractivity contribution in [3.05, 3.63) is 36.5 Å². The van der Waals surface area contributed by atoms with Gasteiger partial charge in [0.1, 0.15) is 13.2 Å². The van der Waals surface area contributed by atoms with E-state index in [2.05, 4.69) is 57.2 Å². The number of rotatable bonds is 57. The van der Waals surface area contributed by atoms with E-state index in [-0.39, 0.29) is 31.1 Å². The Bertz CT molecular complexity index is 1170. The predicted octanol–water partition coefficient (Wildman–Crippen LogP) is 20.8. The highest BCUT2D eigenvalue weighted by molar-refractivity contribution is 5.71. The maximum Gasteiger partial charge on any atom is 0.306 e. The van der Waals surface area contributed by atoms with Crippen LogP contribution in [0.1, 0.15) is 335 Å². The fourth-order valence-corrected chi connectivity index (χ4v) is 9.18. The van der Waals surface area contributed by atoms with Crippen LogP contribution in [0.15, 0.2) is 36.5 Å². The second-order valence-corrected chi connectivity index (χ2v) is 21.0. The van der Waals surface area contributed by atoms with E-state index in [1.807, 2.05) is 0 Å². The minimum Gasteiger partial charge on any atom is -0.462 e. The van der Waals surface area contributed by atoms with Crippen molar-refractivity contribution in [3.8, 4) is 0 Å². The average molecular weight is 984 g/mol. The van der Waals surface area contributed by atoms with Gasteiger partial charge in [0.15, 0.2) is 6.10 Å². The molecule has 410 valence electrons. The van der Waals surface area contributed by atoms with E-state index in [4.69, 9.17) is 14.2 Å². The van der Waals surface area contributed by atoms with Crippen LogP contribution in [0.4, 0.5) is 0 Å². The fourth-order valence-electron chi connectivity index (χ4n) is 9.18. The van der Waals surface area contributed by atoms with E-state index in [9.17, 15) is 14.4 Å². The Morgan fingerprint density at radius 1 is 0.286 bits per heavy atom. The van der Waals surface area contributed by atoms with Crippen LogP contribution in [0.3, 0.4) is 0 Å². The molecular formula is C64H118O6. The molecule has 0 aliphatic carbocycles. The zero-order valence-corrected chi connectivity index (χ0v) is 47.1. The van der Waals surface area contributed by atoms with Crippen molar-refractivity contribution < 1.29 is 28.6 Å². The van der Waals surface area contributed by atoms with Crippen molar-refractivity contribution in [2.75, 3.05) is 13.2 Å². The molecule has 6 heteroatoms. The minimum absolute atomic E-state index is 0.0710. The SMILES string of the molecule is CCCCCCC/C=C\C/C=C\CCCCCCCCCCCCCCCCCCCC(=O)OCC(COC(=O)CCCCCCCCCCC)OC(=O)CCCCCCC/C=C\CCCCCCC. The molecule has 0 heterocycles. The molecule has 0 N–H and O–H groups in total. The molecule has 6 nitrogen and oxygen atoms in total. The van der Waals surface area contributed by atoms with Crippen molar-refractivity contribution in [1.82, 2.24) is 0 Å². The summed E-state index contributed by atoms with van der Waals surface area (Å²) in [6.45, 7) is 6.63. The molecule has 70 heavy (non-hydrogen) atoms. The molecular weight excluding hydrogens is 865 g/mol. The highest BCUT2D eigenvalue weighted by Gasteiger charge is 2.19. The summed E-state index contributed by atoms with van der Waals surface area (Å²) < 4.78 is 16.8. The molecule has 1 atom stereocenters. The van der Waals surface area contributed by atoms with E-state index < -0.39 is 6.10 Å². The summed E-state index contributed by atoms with van der Waals surface area (Å²) in [5.41, 5.74) is 0. The molecule has 0 spiro atoms. The largest absolute Gasteiger partial charge is 0.462 e. The van der Waals surface area contributed by atoms with Gasteiger partial charge in [0.05, 0.1) is 0 Å². The van der Waals surface area contributed by atoms with E-state index in [1.54, 1.807) is 0 Å². The van der Waals surface area contributed by atoms with Crippen molar-refractivity contribution in [1.29, 1.82) is 0 Å². The van der Waals surface area contributed by atoms with E-state index >= 15 is 0 Å². The molecule has 0 aromatic heterocycles. The second-order valence-electron chi connectivity index (χ2n) is 21.0. The molecule has 0 aliphatic rings. The molecule has 0 radical (unpaired) electrons. The highest BCUT2D eigenvalue weighted by Crippen LogP contribution is 2.17. The molecule has 0 fully saturated rings. The van der Waals surface area contributed by atoms with Gasteiger partial charge >= 0.3 is 17.9 Å². The third-order valence-corrected chi connectivity index (χ3v) is 13.9. The number of allylic oxidation sites excluding steroid dienone is 6. The monoisotopic (exact) mass is 983 g/mol. The quantitative estimate of drug-likeness (QED) is 0.0261. The number of carbonyl (C=O) groups excluding carboxylic acids is 3. The number of carbonyl (C=O) groups is 3. The smallest absolute Gasteiger partial charge is 0.306 e. The molecule has 0 aromatic carbocycles. The first kappa shape index (κ1) is 67.6. The third kappa shape index (κ3) is 56.5. The molecule has 0 aliphatic heterocycles. The van der Waals surface area contributed by atoms with Crippen LogP contribution in [0.5, 0.6) is 0 Å². The number of hydrogen-bond acceptors (Lipinski definition) is 6. The topological polar surface area (TPSA) is 78.9 Å². The van der Waals surface area contributed by atoms with Crippen LogP contribution in [0, 0.1) is 0 Å². The van der Waals surface area contributed by atoms with Gasteiger partial charge in [-0.2, -0.15) is 0 Å². The first-order valence-corrected chi connectivity index (χ1v) is 31.0. The Labute approximate surface area is 435 Å². The van der Waals surface area contributed by atoms with Gasteiger partial charge in [-0.15, -0.1) is 0 Å². The van der Waals surface area contributed by atoms with Gasteiger partial charge in [0, 0.05) is 19.3 Å². The molecule has 1 unspecified atom stereocenters. The zero-order chi connectivity index (χ0) is 50.7. The zero-order valence-electron chi connectivity index (χ0n) is 47.1. The molecule has 0 bridgehead atoms. The van der Waals surface area contributed by atoms with Gasteiger partial charge in [-0.3, -0.25) is 14.4 Å². The Morgan fingerprint density at radius 2 is 0.514 bits per heavy atom. The number of hydrogen-bond donors (Lipinski definition) is 0. The van der Waals surface area contributed by atoms with Crippen molar-refractivity contribution >= 4 is 17.9 Å². The number of ether oxygens (including phenoxy) is 3. The Kier molecular flexibility index (Phi) is 57.2. The van der Waals surface area contributed by atoms with Crippen LogP contribution in [0.25, 0.3) is 0 Å². The summed E-state index contributed by atoms with van der Waals surface area (Å²) in [4.78, 5) is 38.0. The van der Waals surface area contributed by atoms with E-state index in [0.717, 1.165) is 70.6 Å². The molecule has 0 saturated heterocycles. The van der Waals surface area contributed by atoms with Gasteiger partial charge in [0.2, 0.25) is 0 Å². The summed E-state index contributed by atoms with van der Waals surface area (Å²) in [6.07, 6.45) is 71.7. The molecule has 0 amide bonds. The minimum atomic E-state index is -0.771. The summed E-state index contributed by atoms with van der Waals surface area (Å²) >= 11 is 0. The lowest BCUT2D eigenvalue weighted by Crippen LogP contribution is -2.30. The first-order chi connectivity index (χ1) is 34.5. The third-order valence-electron chi connectivity index (χ3n) is 13.9. The van der Waals surface area contributed by atoms with Crippen LogP contribution >= 0.6 is 0 Å². The molecule has 0 aromatic rings. The van der Waals surface area contributed by atoms with Crippen LogP contribution in [-0.2, 0) is 28.6 Å². The van der Waals surface area contributed by atoms with E-state index in [0.29, 0.717) is 19.3 Å². The summed E-state index contributed by atoms with van der Waals surface area (Å²) in [5.74, 6) is -0.864. The maximum atomic E-state index is 12.8. The van der Waals surface area contributed by atoms with E-state index in [1.165, 1.54) is 225 Å². The van der Waals surface area contributed by atoms with Gasteiger partial charge in [-0.05, 0) is 77.0 Å². The second kappa shape index (κ2) is 59.2. The highest BCUT2D eigenvalue weighted by atomic mass is 16.6. The Hall–Kier alpha value is -2.37. The van der Waals surface area contributed by atoms with Crippen LogP contribution in [-0.4, -0.2) is 37.2 Å². The van der Waals surface area contributed by atoms with Crippen LogP contribution < -0.4 is 0 Å². The Morgan fingerprint density at radius 3 is 0.800 bits per heavy atom. The predicted molar refractivity (Wildman–Crippen MR) is 302 cm³/mol. The normalized spacial score (nSPS) is 12.2. The van der Waals surface area contributed by atoms with Crippen LogP contribution in [0.2, 0.25) is 0 Å².